The average Bonchev–Trinajstić information content (AvgIpc) is 3.09. The van der Waals surface area contributed by atoms with E-state index in [1.54, 1.807) is 24.4 Å². The maximum Gasteiger partial charge on any atom is 0.276 e. The molecule has 0 saturated carbocycles. The number of nitrogens with zero attached hydrogens (tertiary/aromatic N) is 2. The number of anilines is 1. The van der Waals surface area contributed by atoms with Crippen molar-refractivity contribution < 1.29 is 18.3 Å². The molecule has 1 amide bonds. The van der Waals surface area contributed by atoms with E-state index in [1.165, 1.54) is 16.8 Å². The molecule has 1 N–H and O–H groups in total. The fourth-order valence-corrected chi connectivity index (χ4v) is 2.78. The van der Waals surface area contributed by atoms with E-state index in [0.29, 0.717) is 17.3 Å². The second kappa shape index (κ2) is 8.39. The summed E-state index contributed by atoms with van der Waals surface area (Å²) in [5, 5.41) is 6.93. The first kappa shape index (κ1) is 19.8. The summed E-state index contributed by atoms with van der Waals surface area (Å²) in [4.78, 5) is 12.3. The van der Waals surface area contributed by atoms with Crippen LogP contribution in [0.2, 0.25) is 5.02 Å². The van der Waals surface area contributed by atoms with Gasteiger partial charge in [0.1, 0.15) is 23.1 Å². The number of carbonyl (C=O) groups is 1. The third-order valence-corrected chi connectivity index (χ3v) is 4.03. The molecule has 0 unspecified atom stereocenters. The number of carbonyl (C=O) groups excluding carboxylic acids is 1. The van der Waals surface area contributed by atoms with Gasteiger partial charge in [0.25, 0.3) is 5.91 Å². The Morgan fingerprint density at radius 3 is 2.61 bits per heavy atom. The van der Waals surface area contributed by atoms with Gasteiger partial charge in [0.15, 0.2) is 5.69 Å². The average molecular weight is 406 g/mol. The van der Waals surface area contributed by atoms with Gasteiger partial charge in [-0.3, -0.25) is 9.48 Å². The molecule has 0 aliphatic rings. The second-order valence-corrected chi connectivity index (χ2v) is 6.80. The third kappa shape index (κ3) is 4.67. The molecular weight excluding hydrogens is 388 g/mol. The van der Waals surface area contributed by atoms with Crippen molar-refractivity contribution in [2.75, 3.05) is 5.32 Å². The van der Waals surface area contributed by atoms with Gasteiger partial charge in [-0.25, -0.2) is 8.78 Å². The summed E-state index contributed by atoms with van der Waals surface area (Å²) in [5.41, 5.74) is 0.303. The minimum absolute atomic E-state index is 0.0189. The van der Waals surface area contributed by atoms with Gasteiger partial charge < -0.3 is 10.1 Å². The number of nitrogens with one attached hydrogen (secondary N) is 1. The fourth-order valence-electron chi connectivity index (χ4n) is 2.58. The highest BCUT2D eigenvalue weighted by atomic mass is 35.5. The Hall–Kier alpha value is -2.93. The van der Waals surface area contributed by atoms with Crippen LogP contribution < -0.4 is 10.1 Å². The zero-order chi connectivity index (χ0) is 20.3. The number of benzene rings is 2. The molecule has 0 bridgehead atoms. The van der Waals surface area contributed by atoms with Crippen LogP contribution in [-0.4, -0.2) is 21.8 Å². The molecule has 0 spiro atoms. The standard InChI is InChI=1S/C20H18ClF2N3O2/c1-12(2)28-18-7-6-14(21)10-13(18)11-26-9-8-17(25-26)20(27)24-19-15(22)4-3-5-16(19)23/h3-10,12H,11H2,1-2H3,(H,24,27). The first-order valence-corrected chi connectivity index (χ1v) is 8.95. The first-order valence-electron chi connectivity index (χ1n) is 8.57. The predicted octanol–water partition coefficient (Wildman–Crippen LogP) is 4.90. The van der Waals surface area contributed by atoms with Crippen molar-refractivity contribution in [3.63, 3.8) is 0 Å². The summed E-state index contributed by atoms with van der Waals surface area (Å²) >= 11 is 6.07. The van der Waals surface area contributed by atoms with Crippen LogP contribution in [0, 0.1) is 11.6 Å². The lowest BCUT2D eigenvalue weighted by Crippen LogP contribution is -2.16. The second-order valence-electron chi connectivity index (χ2n) is 6.37. The number of halogens is 3. The van der Waals surface area contributed by atoms with E-state index in [0.717, 1.165) is 17.7 Å². The number of amides is 1. The number of ether oxygens (including phenoxy) is 1. The van der Waals surface area contributed by atoms with Crippen molar-refractivity contribution in [1.82, 2.24) is 9.78 Å². The molecule has 0 atom stereocenters. The summed E-state index contributed by atoms with van der Waals surface area (Å²) in [5.74, 6) is -1.77. The van der Waals surface area contributed by atoms with E-state index in [2.05, 4.69) is 10.4 Å². The van der Waals surface area contributed by atoms with Crippen molar-refractivity contribution in [1.29, 1.82) is 0 Å². The number of rotatable bonds is 6. The lowest BCUT2D eigenvalue weighted by molar-refractivity contribution is 0.102. The van der Waals surface area contributed by atoms with Crippen molar-refractivity contribution in [3.05, 3.63) is 76.6 Å². The summed E-state index contributed by atoms with van der Waals surface area (Å²) in [7, 11) is 0. The molecule has 2 aromatic carbocycles. The monoisotopic (exact) mass is 405 g/mol. The molecule has 1 heterocycles. The van der Waals surface area contributed by atoms with E-state index in [9.17, 15) is 13.6 Å². The van der Waals surface area contributed by atoms with Gasteiger partial charge in [-0.2, -0.15) is 5.10 Å². The molecule has 3 rings (SSSR count). The highest BCUT2D eigenvalue weighted by Crippen LogP contribution is 2.25. The van der Waals surface area contributed by atoms with E-state index < -0.39 is 23.2 Å². The molecule has 146 valence electrons. The maximum absolute atomic E-state index is 13.7. The van der Waals surface area contributed by atoms with Crippen molar-refractivity contribution >= 4 is 23.2 Å². The zero-order valence-electron chi connectivity index (χ0n) is 15.2. The van der Waals surface area contributed by atoms with Gasteiger partial charge >= 0.3 is 0 Å². The van der Waals surface area contributed by atoms with Gasteiger partial charge in [0.05, 0.1) is 12.6 Å². The van der Waals surface area contributed by atoms with Crippen LogP contribution in [0.4, 0.5) is 14.5 Å². The Kier molecular flexibility index (Phi) is 5.94. The quantitative estimate of drug-likeness (QED) is 0.634. The van der Waals surface area contributed by atoms with Crippen LogP contribution in [0.25, 0.3) is 0 Å². The minimum atomic E-state index is -0.859. The van der Waals surface area contributed by atoms with Crippen LogP contribution in [-0.2, 0) is 6.54 Å². The van der Waals surface area contributed by atoms with Gasteiger partial charge in [-0.15, -0.1) is 0 Å². The van der Waals surface area contributed by atoms with Crippen molar-refractivity contribution in [2.45, 2.75) is 26.5 Å². The molecule has 0 aliphatic carbocycles. The molecule has 5 nitrogen and oxygen atoms in total. The topological polar surface area (TPSA) is 56.1 Å². The SMILES string of the molecule is CC(C)Oc1ccc(Cl)cc1Cn1ccc(C(=O)Nc2c(F)cccc2F)n1. The van der Waals surface area contributed by atoms with Crippen LogP contribution in [0.15, 0.2) is 48.7 Å². The maximum atomic E-state index is 13.7. The van der Waals surface area contributed by atoms with E-state index in [4.69, 9.17) is 16.3 Å². The molecule has 1 aromatic heterocycles. The highest BCUT2D eigenvalue weighted by molar-refractivity contribution is 6.30. The largest absolute Gasteiger partial charge is 0.491 e. The lowest BCUT2D eigenvalue weighted by Gasteiger charge is -2.14. The van der Waals surface area contributed by atoms with Gasteiger partial charge in [0.2, 0.25) is 0 Å². The molecule has 0 fully saturated rings. The third-order valence-electron chi connectivity index (χ3n) is 3.79. The van der Waals surface area contributed by atoms with Crippen LogP contribution in [0.5, 0.6) is 5.75 Å². The molecule has 28 heavy (non-hydrogen) atoms. The molecule has 0 aliphatic heterocycles. The Labute approximate surface area is 165 Å². The fraction of sp³-hybridized carbons (Fsp3) is 0.200. The summed E-state index contributed by atoms with van der Waals surface area (Å²) in [6.45, 7) is 4.14. The molecular formula is C20H18ClF2N3O2. The zero-order valence-corrected chi connectivity index (χ0v) is 16.0. The number of hydrogen-bond donors (Lipinski definition) is 1. The number of para-hydroxylation sites is 1. The van der Waals surface area contributed by atoms with Crippen LogP contribution in [0.3, 0.4) is 0 Å². The Morgan fingerprint density at radius 2 is 1.93 bits per heavy atom. The molecule has 3 aromatic rings. The number of aromatic nitrogens is 2. The Balaban J connectivity index is 1.78. The summed E-state index contributed by atoms with van der Waals surface area (Å²) < 4.78 is 34.7. The normalized spacial score (nSPS) is 10.9. The summed E-state index contributed by atoms with van der Waals surface area (Å²) in [6.07, 6.45) is 1.57. The molecule has 0 radical (unpaired) electrons. The van der Waals surface area contributed by atoms with Crippen molar-refractivity contribution in [3.8, 4) is 5.75 Å². The lowest BCUT2D eigenvalue weighted by atomic mass is 10.2. The Bertz CT molecular complexity index is 985. The van der Waals surface area contributed by atoms with Crippen LogP contribution in [0.1, 0.15) is 29.9 Å². The summed E-state index contributed by atoms with van der Waals surface area (Å²) in [6, 6.07) is 10.1. The van der Waals surface area contributed by atoms with E-state index in [1.807, 2.05) is 13.8 Å². The number of hydrogen-bond acceptors (Lipinski definition) is 3. The smallest absolute Gasteiger partial charge is 0.276 e. The van der Waals surface area contributed by atoms with Crippen LogP contribution >= 0.6 is 11.6 Å². The van der Waals surface area contributed by atoms with Gasteiger partial charge in [-0.1, -0.05) is 17.7 Å². The highest BCUT2D eigenvalue weighted by Gasteiger charge is 2.16. The van der Waals surface area contributed by atoms with E-state index in [-0.39, 0.29) is 11.8 Å². The van der Waals surface area contributed by atoms with Gasteiger partial charge in [-0.05, 0) is 50.2 Å². The van der Waals surface area contributed by atoms with E-state index >= 15 is 0 Å². The minimum Gasteiger partial charge on any atom is -0.491 e. The molecule has 0 saturated heterocycles. The van der Waals surface area contributed by atoms with Crippen molar-refractivity contribution in [2.24, 2.45) is 0 Å². The predicted molar refractivity (Wildman–Crippen MR) is 103 cm³/mol. The Morgan fingerprint density at radius 1 is 1.21 bits per heavy atom. The molecule has 8 heteroatoms. The van der Waals surface area contributed by atoms with Gasteiger partial charge in [0, 0.05) is 16.8 Å². The first-order chi connectivity index (χ1) is 13.3.